The number of piperazine rings is 1. The van der Waals surface area contributed by atoms with Gasteiger partial charge in [-0.2, -0.15) is 0 Å². The van der Waals surface area contributed by atoms with Crippen LogP contribution in [0.2, 0.25) is 0 Å². The van der Waals surface area contributed by atoms with Crippen molar-refractivity contribution in [3.8, 4) is 0 Å². The monoisotopic (exact) mass is 439 g/mol. The summed E-state index contributed by atoms with van der Waals surface area (Å²) in [6.45, 7) is 6.61. The number of rotatable bonds is 6. The zero-order chi connectivity index (χ0) is 22.7. The molecule has 3 aromatic rings. The Hall–Kier alpha value is -3.39. The predicted molar refractivity (Wildman–Crippen MR) is 122 cm³/mol. The van der Waals surface area contributed by atoms with Crippen molar-refractivity contribution in [2.75, 3.05) is 43.0 Å². The fourth-order valence-corrected chi connectivity index (χ4v) is 4.22. The van der Waals surface area contributed by atoms with E-state index in [1.54, 1.807) is 19.1 Å². The number of benzene rings is 2. The fraction of sp³-hybridized carbons (Fsp3) is 0.333. The largest absolute Gasteiger partial charge is 0.461 e. The first-order chi connectivity index (χ1) is 15.5. The highest BCUT2D eigenvalue weighted by Gasteiger charge is 2.31. The molecule has 0 unspecified atom stereocenters. The SMILES string of the molecule is CCOC(=O)c1[nH]c2ccccc2c1NC(=O)[C@@H](C)[NH+]1CCN(c2ccccc2F)CC1. The van der Waals surface area contributed by atoms with Crippen molar-refractivity contribution in [2.45, 2.75) is 19.9 Å². The van der Waals surface area contributed by atoms with Crippen LogP contribution in [-0.4, -0.2) is 55.7 Å². The van der Waals surface area contributed by atoms with Gasteiger partial charge in [-0.1, -0.05) is 30.3 Å². The number of fused-ring (bicyclic) bond motifs is 1. The van der Waals surface area contributed by atoms with Gasteiger partial charge in [0.15, 0.2) is 6.04 Å². The van der Waals surface area contributed by atoms with Gasteiger partial charge in [0.1, 0.15) is 11.5 Å². The smallest absolute Gasteiger partial charge is 0.356 e. The molecule has 1 fully saturated rings. The van der Waals surface area contributed by atoms with Gasteiger partial charge in [0, 0.05) is 10.9 Å². The molecule has 2 aromatic carbocycles. The molecule has 1 aliphatic heterocycles. The van der Waals surface area contributed by atoms with E-state index in [-0.39, 0.29) is 30.1 Å². The Kier molecular flexibility index (Phi) is 6.41. The number of carbonyl (C=O) groups is 2. The Morgan fingerprint density at radius 2 is 1.84 bits per heavy atom. The van der Waals surface area contributed by atoms with Gasteiger partial charge in [-0.25, -0.2) is 9.18 Å². The molecule has 2 heterocycles. The third-order valence-electron chi connectivity index (χ3n) is 6.04. The molecule has 1 atom stereocenters. The maximum Gasteiger partial charge on any atom is 0.356 e. The zero-order valence-electron chi connectivity index (χ0n) is 18.3. The summed E-state index contributed by atoms with van der Waals surface area (Å²) in [6, 6.07) is 13.9. The van der Waals surface area contributed by atoms with Gasteiger partial charge in [-0.05, 0) is 32.0 Å². The number of aromatic amines is 1. The molecule has 0 radical (unpaired) electrons. The molecule has 1 aliphatic rings. The lowest BCUT2D eigenvalue weighted by Crippen LogP contribution is -3.19. The number of hydrogen-bond acceptors (Lipinski definition) is 4. The average Bonchev–Trinajstić information content (AvgIpc) is 3.18. The minimum Gasteiger partial charge on any atom is -0.461 e. The normalized spacial score (nSPS) is 15.5. The Labute approximate surface area is 186 Å². The number of esters is 1. The van der Waals surface area contributed by atoms with Crippen LogP contribution in [0.1, 0.15) is 24.3 Å². The van der Waals surface area contributed by atoms with Gasteiger partial charge in [-0.3, -0.25) is 4.79 Å². The Morgan fingerprint density at radius 3 is 2.56 bits per heavy atom. The van der Waals surface area contributed by atoms with E-state index in [0.717, 1.165) is 15.8 Å². The molecular weight excluding hydrogens is 411 g/mol. The summed E-state index contributed by atoms with van der Waals surface area (Å²) in [7, 11) is 0. The van der Waals surface area contributed by atoms with Gasteiger partial charge >= 0.3 is 5.97 Å². The van der Waals surface area contributed by atoms with Gasteiger partial charge < -0.3 is 24.8 Å². The summed E-state index contributed by atoms with van der Waals surface area (Å²) < 4.78 is 19.3. The number of hydrogen-bond donors (Lipinski definition) is 3. The second kappa shape index (κ2) is 9.40. The van der Waals surface area contributed by atoms with E-state index < -0.39 is 5.97 Å². The van der Waals surface area contributed by atoms with Crippen LogP contribution >= 0.6 is 0 Å². The van der Waals surface area contributed by atoms with E-state index in [4.69, 9.17) is 4.74 Å². The highest BCUT2D eigenvalue weighted by molar-refractivity contribution is 6.11. The van der Waals surface area contributed by atoms with Crippen LogP contribution in [0, 0.1) is 5.82 Å². The first-order valence-electron chi connectivity index (χ1n) is 10.9. The molecule has 0 spiro atoms. The van der Waals surface area contributed by atoms with Crippen LogP contribution < -0.4 is 15.1 Å². The van der Waals surface area contributed by atoms with E-state index in [0.29, 0.717) is 37.6 Å². The molecule has 0 bridgehead atoms. The van der Waals surface area contributed by atoms with Crippen molar-refractivity contribution in [2.24, 2.45) is 0 Å². The van der Waals surface area contributed by atoms with Crippen LogP contribution in [0.5, 0.6) is 0 Å². The van der Waals surface area contributed by atoms with Crippen molar-refractivity contribution in [1.29, 1.82) is 0 Å². The maximum absolute atomic E-state index is 14.1. The van der Waals surface area contributed by atoms with Crippen LogP contribution in [-0.2, 0) is 9.53 Å². The number of nitrogens with one attached hydrogen (secondary N) is 3. The fourth-order valence-electron chi connectivity index (χ4n) is 4.22. The highest BCUT2D eigenvalue weighted by atomic mass is 19.1. The molecule has 7 nitrogen and oxygen atoms in total. The maximum atomic E-state index is 14.1. The quantitative estimate of drug-likeness (QED) is 0.515. The number of anilines is 2. The molecular formula is C24H28FN4O3+. The van der Waals surface area contributed by atoms with E-state index in [1.165, 1.54) is 6.07 Å². The summed E-state index contributed by atoms with van der Waals surface area (Å²) in [6.07, 6.45) is 0. The third kappa shape index (κ3) is 4.31. The zero-order valence-corrected chi connectivity index (χ0v) is 18.3. The number of ether oxygens (including phenoxy) is 1. The summed E-state index contributed by atoms with van der Waals surface area (Å²) in [5.74, 6) is -0.903. The molecule has 3 N–H and O–H groups in total. The summed E-state index contributed by atoms with van der Waals surface area (Å²) >= 11 is 0. The standard InChI is InChI=1S/C24H27FN4O3/c1-3-32-24(31)22-21(17-8-4-6-10-19(17)26-22)27-23(30)16(2)28-12-14-29(15-13-28)20-11-7-5-9-18(20)25/h4-11,16,26H,3,12-15H2,1-2H3,(H,27,30)/p+1/t16-/m1/s1. The van der Waals surface area contributed by atoms with E-state index in [9.17, 15) is 14.0 Å². The molecule has 0 saturated carbocycles. The lowest BCUT2D eigenvalue weighted by Gasteiger charge is -2.36. The van der Waals surface area contributed by atoms with Crippen molar-refractivity contribution in [3.05, 3.63) is 60.0 Å². The number of nitrogens with zero attached hydrogens (tertiary/aromatic N) is 1. The number of halogens is 1. The minimum atomic E-state index is -0.502. The molecule has 0 aliphatic carbocycles. The number of carbonyl (C=O) groups excluding carboxylic acids is 2. The molecule has 4 rings (SSSR count). The van der Waals surface area contributed by atoms with E-state index >= 15 is 0 Å². The first kappa shape index (κ1) is 21.8. The number of quaternary nitrogens is 1. The van der Waals surface area contributed by atoms with Gasteiger partial charge in [-0.15, -0.1) is 0 Å². The first-order valence-corrected chi connectivity index (χ1v) is 10.9. The lowest BCUT2D eigenvalue weighted by atomic mass is 10.1. The van der Waals surface area contributed by atoms with Crippen LogP contribution in [0.15, 0.2) is 48.5 Å². The van der Waals surface area contributed by atoms with Crippen molar-refractivity contribution < 1.29 is 23.6 Å². The molecule has 1 saturated heterocycles. The van der Waals surface area contributed by atoms with Gasteiger partial charge in [0.05, 0.1) is 44.2 Å². The second-order valence-corrected chi connectivity index (χ2v) is 7.95. The summed E-state index contributed by atoms with van der Waals surface area (Å²) in [5, 5.41) is 3.72. The summed E-state index contributed by atoms with van der Waals surface area (Å²) in [5.41, 5.74) is 2.04. The Morgan fingerprint density at radius 1 is 1.16 bits per heavy atom. The van der Waals surface area contributed by atoms with Crippen LogP contribution in [0.25, 0.3) is 10.9 Å². The Bertz CT molecular complexity index is 1120. The van der Waals surface area contributed by atoms with Crippen molar-refractivity contribution in [3.63, 3.8) is 0 Å². The van der Waals surface area contributed by atoms with E-state index in [1.807, 2.05) is 42.2 Å². The van der Waals surface area contributed by atoms with Crippen LogP contribution in [0.3, 0.4) is 0 Å². The molecule has 32 heavy (non-hydrogen) atoms. The van der Waals surface area contributed by atoms with E-state index in [2.05, 4.69) is 10.3 Å². The van der Waals surface area contributed by atoms with Gasteiger partial charge in [0.2, 0.25) is 0 Å². The molecule has 1 aromatic heterocycles. The lowest BCUT2D eigenvalue weighted by molar-refractivity contribution is -0.914. The highest BCUT2D eigenvalue weighted by Crippen LogP contribution is 2.28. The number of amides is 1. The van der Waals surface area contributed by atoms with Crippen LogP contribution in [0.4, 0.5) is 15.8 Å². The topological polar surface area (TPSA) is 78.9 Å². The number of H-pyrrole nitrogens is 1. The number of para-hydroxylation sites is 2. The summed E-state index contributed by atoms with van der Waals surface area (Å²) in [4.78, 5) is 31.8. The van der Waals surface area contributed by atoms with Gasteiger partial charge in [0.25, 0.3) is 5.91 Å². The molecule has 1 amide bonds. The Balaban J connectivity index is 1.47. The minimum absolute atomic E-state index is 0.172. The second-order valence-electron chi connectivity index (χ2n) is 7.95. The average molecular weight is 440 g/mol. The molecule has 168 valence electrons. The number of aromatic nitrogens is 1. The predicted octanol–water partition coefficient (Wildman–Crippen LogP) is 2.22. The molecule has 8 heteroatoms. The van der Waals surface area contributed by atoms with Crippen molar-refractivity contribution >= 4 is 34.2 Å². The van der Waals surface area contributed by atoms with Crippen molar-refractivity contribution in [1.82, 2.24) is 4.98 Å². The third-order valence-corrected chi connectivity index (χ3v) is 6.04.